The third-order valence-corrected chi connectivity index (χ3v) is 5.62. The van der Waals surface area contributed by atoms with Crippen molar-refractivity contribution in [2.24, 2.45) is 10.9 Å². The Bertz CT molecular complexity index is 1100. The number of Topliss-reactive ketones (excluding diaryl/α,β-unsaturated/α-hetero) is 1. The quantitative estimate of drug-likeness (QED) is 0.702. The van der Waals surface area contributed by atoms with E-state index in [1.54, 1.807) is 40.2 Å². The van der Waals surface area contributed by atoms with E-state index in [2.05, 4.69) is 0 Å². The summed E-state index contributed by atoms with van der Waals surface area (Å²) in [5.74, 6) is -0.845. The molecule has 1 aliphatic heterocycles. The number of allylic oxidation sites excluding steroid dienone is 1. The highest BCUT2D eigenvalue weighted by molar-refractivity contribution is 6.24. The van der Waals surface area contributed by atoms with Crippen LogP contribution in [0.1, 0.15) is 41.3 Å². The molecule has 154 valence electrons. The van der Waals surface area contributed by atoms with Gasteiger partial charge in [0.2, 0.25) is 0 Å². The van der Waals surface area contributed by atoms with Crippen molar-refractivity contribution in [3.8, 4) is 11.5 Å². The van der Waals surface area contributed by atoms with E-state index in [9.17, 15) is 9.59 Å². The average Bonchev–Trinajstić information content (AvgIpc) is 3.04. The Labute approximate surface area is 175 Å². The first kappa shape index (κ1) is 19.9. The molecular weight excluding hydrogens is 382 g/mol. The molecule has 0 amide bonds. The van der Waals surface area contributed by atoms with Crippen molar-refractivity contribution in [1.82, 2.24) is 0 Å². The van der Waals surface area contributed by atoms with Crippen LogP contribution < -0.4 is 9.47 Å². The molecule has 4 rings (SSSR count). The minimum atomic E-state index is -0.733. The number of rotatable bonds is 5. The molecule has 2 atom stereocenters. The number of hydrogen-bond acceptors (Lipinski definition) is 6. The fraction of sp³-hybridized carbons (Fsp3) is 0.292. The maximum Gasteiger partial charge on any atom is 0.315 e. The van der Waals surface area contributed by atoms with E-state index in [4.69, 9.17) is 19.2 Å². The minimum Gasteiger partial charge on any atom is -0.493 e. The first-order valence-electron chi connectivity index (χ1n) is 9.84. The number of para-hydroxylation sites is 1. The second-order valence-electron chi connectivity index (χ2n) is 7.18. The molecule has 6 nitrogen and oxygen atoms in total. The Kier molecular flexibility index (Phi) is 5.16. The lowest BCUT2D eigenvalue weighted by molar-refractivity contribution is -0.146. The number of ketones is 1. The molecular formula is C24H23NO5. The maximum atomic E-state index is 13.5. The maximum absolute atomic E-state index is 13.5. The smallest absolute Gasteiger partial charge is 0.315 e. The van der Waals surface area contributed by atoms with Crippen molar-refractivity contribution in [3.05, 3.63) is 64.7 Å². The van der Waals surface area contributed by atoms with E-state index in [0.29, 0.717) is 39.6 Å². The number of aliphatic imine (C=N–C) groups is 1. The Morgan fingerprint density at radius 2 is 1.77 bits per heavy atom. The summed E-state index contributed by atoms with van der Waals surface area (Å²) in [6.07, 6.45) is 0. The molecule has 6 heteroatoms. The number of carbonyl (C=O) groups excluding carboxylic acids is 2. The fourth-order valence-corrected chi connectivity index (χ4v) is 4.38. The molecule has 0 bridgehead atoms. The highest BCUT2D eigenvalue weighted by atomic mass is 16.5. The summed E-state index contributed by atoms with van der Waals surface area (Å²) in [6, 6.07) is 12.9. The van der Waals surface area contributed by atoms with Crippen LogP contribution in [-0.4, -0.2) is 38.3 Å². The average molecular weight is 405 g/mol. The molecule has 1 aliphatic carbocycles. The molecule has 0 aromatic heterocycles. The molecule has 0 radical (unpaired) electrons. The van der Waals surface area contributed by atoms with Gasteiger partial charge in [-0.25, -0.2) is 0 Å². The van der Waals surface area contributed by atoms with Gasteiger partial charge in [-0.1, -0.05) is 36.4 Å². The summed E-state index contributed by atoms with van der Waals surface area (Å²) in [5, 5.41) is 0. The molecule has 30 heavy (non-hydrogen) atoms. The zero-order valence-electron chi connectivity index (χ0n) is 17.4. The standard InChI is InChI=1S/C24H23NO5/c1-5-30-24(27)18-13(2)25-21-14-9-6-7-10-15(14)22(26)20(21)19(18)16-11-8-12-17(28-3)23(16)29-4/h6-12,18-19H,5H2,1-4H3/t18?,19-/m0/s1. The minimum absolute atomic E-state index is 0.124. The molecule has 1 unspecified atom stereocenters. The first-order valence-corrected chi connectivity index (χ1v) is 9.84. The second kappa shape index (κ2) is 7.78. The highest BCUT2D eigenvalue weighted by Gasteiger charge is 2.47. The van der Waals surface area contributed by atoms with Gasteiger partial charge in [0.05, 0.1) is 26.5 Å². The van der Waals surface area contributed by atoms with E-state index in [-0.39, 0.29) is 12.4 Å². The molecule has 2 aliphatic rings. The van der Waals surface area contributed by atoms with Gasteiger partial charge in [-0.2, -0.15) is 0 Å². The summed E-state index contributed by atoms with van der Waals surface area (Å²) in [4.78, 5) is 31.2. The van der Waals surface area contributed by atoms with Crippen LogP contribution in [0.25, 0.3) is 5.70 Å². The van der Waals surface area contributed by atoms with Gasteiger partial charge in [-0.15, -0.1) is 0 Å². The normalized spacial score (nSPS) is 19.7. The molecule has 0 saturated carbocycles. The third kappa shape index (κ3) is 2.91. The van der Waals surface area contributed by atoms with Crippen molar-refractivity contribution in [2.45, 2.75) is 19.8 Å². The Morgan fingerprint density at radius 3 is 2.43 bits per heavy atom. The van der Waals surface area contributed by atoms with Crippen LogP contribution in [0.5, 0.6) is 11.5 Å². The highest BCUT2D eigenvalue weighted by Crippen LogP contribution is 2.51. The Balaban J connectivity index is 1.98. The largest absolute Gasteiger partial charge is 0.493 e. The number of esters is 1. The number of methoxy groups -OCH3 is 2. The SMILES string of the molecule is CCOC(=O)C1C(C)=NC2=C(C(=O)c3ccccc32)[C@H]1c1cccc(OC)c1OC. The third-order valence-electron chi connectivity index (χ3n) is 5.62. The van der Waals surface area contributed by atoms with Crippen LogP contribution >= 0.6 is 0 Å². The van der Waals surface area contributed by atoms with Crippen molar-refractivity contribution < 1.29 is 23.8 Å². The molecule has 0 N–H and O–H groups in total. The van der Waals surface area contributed by atoms with Crippen molar-refractivity contribution in [1.29, 1.82) is 0 Å². The van der Waals surface area contributed by atoms with E-state index < -0.39 is 17.8 Å². The van der Waals surface area contributed by atoms with Gasteiger partial charge in [0, 0.05) is 33.9 Å². The first-order chi connectivity index (χ1) is 14.5. The van der Waals surface area contributed by atoms with Gasteiger partial charge in [0.25, 0.3) is 0 Å². The number of ether oxygens (including phenoxy) is 3. The number of fused-ring (bicyclic) bond motifs is 2. The van der Waals surface area contributed by atoms with E-state index in [1.165, 1.54) is 0 Å². The van der Waals surface area contributed by atoms with E-state index >= 15 is 0 Å². The van der Waals surface area contributed by atoms with Crippen LogP contribution in [0.15, 0.2) is 53.0 Å². The molecule has 0 saturated heterocycles. The topological polar surface area (TPSA) is 74.2 Å². The molecule has 2 aromatic rings. The Hall–Kier alpha value is -3.41. The lowest BCUT2D eigenvalue weighted by Crippen LogP contribution is -2.35. The van der Waals surface area contributed by atoms with Gasteiger partial charge >= 0.3 is 5.97 Å². The predicted molar refractivity (Wildman–Crippen MR) is 113 cm³/mol. The lowest BCUT2D eigenvalue weighted by Gasteiger charge is -2.31. The summed E-state index contributed by atoms with van der Waals surface area (Å²) < 4.78 is 16.5. The molecule has 1 heterocycles. The lowest BCUT2D eigenvalue weighted by atomic mass is 9.74. The van der Waals surface area contributed by atoms with Crippen LogP contribution in [-0.2, 0) is 9.53 Å². The van der Waals surface area contributed by atoms with Gasteiger partial charge in [-0.3, -0.25) is 14.6 Å². The van der Waals surface area contributed by atoms with Crippen LogP contribution in [0.2, 0.25) is 0 Å². The number of nitrogens with zero attached hydrogens (tertiary/aromatic N) is 1. The van der Waals surface area contributed by atoms with Gasteiger partial charge in [-0.05, 0) is 19.9 Å². The van der Waals surface area contributed by atoms with E-state index in [1.807, 2.05) is 30.3 Å². The number of carbonyl (C=O) groups is 2. The van der Waals surface area contributed by atoms with Gasteiger partial charge < -0.3 is 14.2 Å². The summed E-state index contributed by atoms with van der Waals surface area (Å²) in [5.41, 5.74) is 3.78. The van der Waals surface area contributed by atoms with Gasteiger partial charge in [0.1, 0.15) is 5.92 Å². The molecule has 0 fully saturated rings. The zero-order valence-corrected chi connectivity index (χ0v) is 17.4. The zero-order chi connectivity index (χ0) is 21.4. The summed E-state index contributed by atoms with van der Waals surface area (Å²) in [7, 11) is 3.10. The summed E-state index contributed by atoms with van der Waals surface area (Å²) >= 11 is 0. The van der Waals surface area contributed by atoms with Crippen molar-refractivity contribution in [2.75, 3.05) is 20.8 Å². The van der Waals surface area contributed by atoms with Crippen molar-refractivity contribution in [3.63, 3.8) is 0 Å². The van der Waals surface area contributed by atoms with Crippen LogP contribution in [0.4, 0.5) is 0 Å². The van der Waals surface area contributed by atoms with Gasteiger partial charge in [0.15, 0.2) is 17.3 Å². The number of benzene rings is 2. The molecule has 0 spiro atoms. The Morgan fingerprint density at radius 1 is 1.03 bits per heavy atom. The fourth-order valence-electron chi connectivity index (χ4n) is 4.38. The molecule has 2 aromatic carbocycles. The van der Waals surface area contributed by atoms with Crippen molar-refractivity contribution >= 4 is 23.2 Å². The van der Waals surface area contributed by atoms with Crippen LogP contribution in [0.3, 0.4) is 0 Å². The van der Waals surface area contributed by atoms with E-state index in [0.717, 1.165) is 5.56 Å². The second-order valence-corrected chi connectivity index (χ2v) is 7.18. The monoisotopic (exact) mass is 405 g/mol. The predicted octanol–water partition coefficient (Wildman–Crippen LogP) is 4.05. The summed E-state index contributed by atoms with van der Waals surface area (Å²) in [6.45, 7) is 3.80. The number of hydrogen-bond donors (Lipinski definition) is 0. The van der Waals surface area contributed by atoms with Crippen LogP contribution in [0, 0.1) is 5.92 Å².